The van der Waals surface area contributed by atoms with Gasteiger partial charge in [0.15, 0.2) is 6.61 Å². The molecule has 0 fully saturated rings. The number of aromatic nitrogens is 2. The molecule has 9 heteroatoms. The van der Waals surface area contributed by atoms with Crippen LogP contribution in [-0.2, 0) is 9.53 Å². The van der Waals surface area contributed by atoms with Crippen LogP contribution in [0.15, 0.2) is 50.8 Å². The quantitative estimate of drug-likeness (QED) is 0.377. The molecule has 1 aromatic heterocycles. The lowest BCUT2D eigenvalue weighted by Gasteiger charge is -2.12. The van der Waals surface area contributed by atoms with E-state index in [4.69, 9.17) is 16.3 Å². The molecule has 0 spiro atoms. The first kappa shape index (κ1) is 22.0. The highest BCUT2D eigenvalue weighted by Gasteiger charge is 2.14. The molecule has 0 aliphatic heterocycles. The first-order valence-corrected chi connectivity index (χ1v) is 10.2. The fourth-order valence-electron chi connectivity index (χ4n) is 2.69. The largest absolute Gasteiger partial charge is 0.480 e. The average molecular weight is 493 g/mol. The lowest BCUT2D eigenvalue weighted by Crippen LogP contribution is -2.23. The molecular weight excluding hydrogens is 474 g/mol. The SMILES string of the molecule is COC(=O)COc1ccc(C=Nn2c(C(C)C)nc3ccc(Br)cc3c2=O)cc1Cl. The molecule has 156 valence electrons. The second kappa shape index (κ2) is 9.40. The fourth-order valence-corrected chi connectivity index (χ4v) is 3.29. The van der Waals surface area contributed by atoms with Crippen molar-refractivity contribution in [1.29, 1.82) is 0 Å². The Balaban J connectivity index is 1.96. The first-order valence-electron chi connectivity index (χ1n) is 9.06. The van der Waals surface area contributed by atoms with Crippen LogP contribution in [0.2, 0.25) is 5.02 Å². The topological polar surface area (TPSA) is 82.8 Å². The summed E-state index contributed by atoms with van der Waals surface area (Å²) in [6, 6.07) is 10.3. The number of fused-ring (bicyclic) bond motifs is 1. The van der Waals surface area contributed by atoms with E-state index >= 15 is 0 Å². The van der Waals surface area contributed by atoms with Crippen LogP contribution in [0.4, 0.5) is 0 Å². The van der Waals surface area contributed by atoms with Gasteiger partial charge < -0.3 is 9.47 Å². The molecule has 0 saturated heterocycles. The number of hydrogen-bond donors (Lipinski definition) is 0. The third-order valence-corrected chi connectivity index (χ3v) is 4.99. The molecule has 7 nitrogen and oxygen atoms in total. The molecule has 30 heavy (non-hydrogen) atoms. The molecule has 0 bridgehead atoms. The molecule has 0 aliphatic carbocycles. The maximum atomic E-state index is 13.0. The third kappa shape index (κ3) is 4.88. The van der Waals surface area contributed by atoms with Crippen LogP contribution < -0.4 is 10.3 Å². The summed E-state index contributed by atoms with van der Waals surface area (Å²) < 4.78 is 11.9. The Bertz CT molecular complexity index is 1190. The van der Waals surface area contributed by atoms with Crippen molar-refractivity contribution in [3.05, 3.63) is 67.6 Å². The van der Waals surface area contributed by atoms with Crippen LogP contribution in [0.3, 0.4) is 0 Å². The Morgan fingerprint density at radius 2 is 2.07 bits per heavy atom. The zero-order chi connectivity index (χ0) is 21.8. The van der Waals surface area contributed by atoms with E-state index in [9.17, 15) is 9.59 Å². The van der Waals surface area contributed by atoms with Gasteiger partial charge in [-0.2, -0.15) is 9.78 Å². The molecule has 3 aromatic rings. The smallest absolute Gasteiger partial charge is 0.343 e. The van der Waals surface area contributed by atoms with Gasteiger partial charge in [-0.15, -0.1) is 0 Å². The van der Waals surface area contributed by atoms with Gasteiger partial charge >= 0.3 is 5.97 Å². The number of rotatable bonds is 6. The lowest BCUT2D eigenvalue weighted by atomic mass is 10.2. The Morgan fingerprint density at radius 1 is 1.30 bits per heavy atom. The van der Waals surface area contributed by atoms with E-state index in [1.165, 1.54) is 18.0 Å². The molecule has 0 atom stereocenters. The lowest BCUT2D eigenvalue weighted by molar-refractivity contribution is -0.142. The number of methoxy groups -OCH3 is 1. The van der Waals surface area contributed by atoms with E-state index in [1.807, 2.05) is 19.9 Å². The van der Waals surface area contributed by atoms with Crippen molar-refractivity contribution < 1.29 is 14.3 Å². The van der Waals surface area contributed by atoms with Gasteiger partial charge in [-0.1, -0.05) is 41.4 Å². The Labute approximate surface area is 186 Å². The van der Waals surface area contributed by atoms with E-state index in [0.717, 1.165) is 4.47 Å². The summed E-state index contributed by atoms with van der Waals surface area (Å²) in [6.07, 6.45) is 1.52. The number of ether oxygens (including phenoxy) is 2. The highest BCUT2D eigenvalue weighted by molar-refractivity contribution is 9.10. The molecule has 2 aromatic carbocycles. The summed E-state index contributed by atoms with van der Waals surface area (Å²) in [5, 5.41) is 5.14. The zero-order valence-corrected chi connectivity index (χ0v) is 18.9. The van der Waals surface area contributed by atoms with Crippen molar-refractivity contribution in [3.63, 3.8) is 0 Å². The van der Waals surface area contributed by atoms with Gasteiger partial charge in [-0.3, -0.25) is 4.79 Å². The van der Waals surface area contributed by atoms with E-state index in [1.54, 1.807) is 30.3 Å². The minimum atomic E-state index is -0.507. The molecule has 0 unspecified atom stereocenters. The van der Waals surface area contributed by atoms with Gasteiger partial charge in [0.1, 0.15) is 11.6 Å². The molecule has 0 N–H and O–H groups in total. The number of esters is 1. The third-order valence-electron chi connectivity index (χ3n) is 4.20. The van der Waals surface area contributed by atoms with Gasteiger partial charge in [-0.05, 0) is 42.0 Å². The number of halogens is 2. The molecule has 3 rings (SSSR count). The van der Waals surface area contributed by atoms with Crippen molar-refractivity contribution in [2.45, 2.75) is 19.8 Å². The Hall–Kier alpha value is -2.71. The van der Waals surface area contributed by atoms with E-state index in [2.05, 4.69) is 30.8 Å². The predicted octanol–water partition coefficient (Wildman–Crippen LogP) is 4.37. The maximum absolute atomic E-state index is 13.0. The van der Waals surface area contributed by atoms with E-state index < -0.39 is 5.97 Å². The molecule has 1 heterocycles. The van der Waals surface area contributed by atoms with Gasteiger partial charge in [0.2, 0.25) is 0 Å². The Kier molecular flexibility index (Phi) is 6.89. The highest BCUT2D eigenvalue weighted by Crippen LogP contribution is 2.25. The molecule has 0 radical (unpaired) electrons. The molecule has 0 aliphatic rings. The van der Waals surface area contributed by atoms with Crippen LogP contribution in [0.25, 0.3) is 10.9 Å². The van der Waals surface area contributed by atoms with Crippen molar-refractivity contribution in [3.8, 4) is 5.75 Å². The van der Waals surface area contributed by atoms with E-state index in [0.29, 0.717) is 33.1 Å². The fraction of sp³-hybridized carbons (Fsp3) is 0.238. The van der Waals surface area contributed by atoms with Crippen LogP contribution in [0.1, 0.15) is 31.2 Å². The summed E-state index contributed by atoms with van der Waals surface area (Å²) in [4.78, 5) is 28.8. The second-order valence-corrected chi connectivity index (χ2v) is 8.03. The first-order chi connectivity index (χ1) is 14.3. The Morgan fingerprint density at radius 3 is 2.73 bits per heavy atom. The van der Waals surface area contributed by atoms with Crippen molar-refractivity contribution in [2.75, 3.05) is 13.7 Å². The number of benzene rings is 2. The standard InChI is InChI=1S/C21H19BrClN3O4/c1-12(2)20-25-17-6-5-14(22)9-15(17)21(28)26(20)24-10-13-4-7-18(16(23)8-13)30-11-19(27)29-3/h4-10,12H,11H2,1-3H3. The number of carbonyl (C=O) groups is 1. The summed E-state index contributed by atoms with van der Waals surface area (Å²) in [5.41, 5.74) is 1.01. The van der Waals surface area contributed by atoms with Crippen molar-refractivity contribution >= 4 is 50.6 Å². The highest BCUT2D eigenvalue weighted by atomic mass is 79.9. The van der Waals surface area contributed by atoms with Gasteiger partial charge in [0.05, 0.1) is 29.2 Å². The van der Waals surface area contributed by atoms with Gasteiger partial charge in [0.25, 0.3) is 5.56 Å². The van der Waals surface area contributed by atoms with E-state index in [-0.39, 0.29) is 18.1 Å². The predicted molar refractivity (Wildman–Crippen MR) is 120 cm³/mol. The molecular formula is C21H19BrClN3O4. The summed E-state index contributed by atoms with van der Waals surface area (Å²) in [6.45, 7) is 3.65. The van der Waals surface area contributed by atoms with Gasteiger partial charge in [-0.25, -0.2) is 9.78 Å². The molecule has 0 amide bonds. The van der Waals surface area contributed by atoms with Crippen LogP contribution in [-0.4, -0.2) is 35.6 Å². The van der Waals surface area contributed by atoms with Crippen molar-refractivity contribution in [1.82, 2.24) is 9.66 Å². The molecule has 0 saturated carbocycles. The zero-order valence-electron chi connectivity index (χ0n) is 16.6. The van der Waals surface area contributed by atoms with Crippen LogP contribution in [0.5, 0.6) is 5.75 Å². The summed E-state index contributed by atoms with van der Waals surface area (Å²) in [7, 11) is 1.28. The second-order valence-electron chi connectivity index (χ2n) is 6.70. The summed E-state index contributed by atoms with van der Waals surface area (Å²) >= 11 is 9.61. The normalized spacial score (nSPS) is 11.4. The number of hydrogen-bond acceptors (Lipinski definition) is 6. The monoisotopic (exact) mass is 491 g/mol. The average Bonchev–Trinajstić information content (AvgIpc) is 2.72. The van der Waals surface area contributed by atoms with Crippen LogP contribution >= 0.6 is 27.5 Å². The summed E-state index contributed by atoms with van der Waals surface area (Å²) in [5.74, 6) is 0.375. The maximum Gasteiger partial charge on any atom is 0.343 e. The minimum absolute atomic E-state index is 0.0133. The van der Waals surface area contributed by atoms with Crippen molar-refractivity contribution in [2.24, 2.45) is 5.10 Å². The number of nitrogens with zero attached hydrogens (tertiary/aromatic N) is 3. The van der Waals surface area contributed by atoms with Crippen LogP contribution in [0, 0.1) is 0 Å². The van der Waals surface area contributed by atoms with Gasteiger partial charge in [0, 0.05) is 10.4 Å². The number of carbonyl (C=O) groups excluding carboxylic acids is 1. The minimum Gasteiger partial charge on any atom is -0.480 e.